The van der Waals surface area contributed by atoms with Crippen molar-refractivity contribution in [2.75, 3.05) is 0 Å². The van der Waals surface area contributed by atoms with Gasteiger partial charge in [0, 0.05) is 0 Å². The van der Waals surface area contributed by atoms with Gasteiger partial charge in [0.1, 0.15) is 0 Å². The van der Waals surface area contributed by atoms with Gasteiger partial charge in [-0.3, -0.25) is 0 Å². The molecule has 0 bridgehead atoms. The van der Waals surface area contributed by atoms with Crippen LogP contribution in [0.15, 0.2) is 72.8 Å². The van der Waals surface area contributed by atoms with Gasteiger partial charge in [-0.1, -0.05) is 72.8 Å². The molecule has 3 rings (SSSR count). The summed E-state index contributed by atoms with van der Waals surface area (Å²) in [5, 5.41) is 0. The Bertz CT molecular complexity index is 730. The zero-order valence-electron chi connectivity index (χ0n) is 14.8. The molecular formula is C24H26. The minimum atomic E-state index is 1.12. The van der Waals surface area contributed by atoms with Gasteiger partial charge in [-0.05, 0) is 72.9 Å². The van der Waals surface area contributed by atoms with Gasteiger partial charge < -0.3 is 0 Å². The summed E-state index contributed by atoms with van der Waals surface area (Å²) in [4.78, 5) is 0. The van der Waals surface area contributed by atoms with Gasteiger partial charge in [-0.15, -0.1) is 0 Å². The molecule has 0 nitrogen and oxygen atoms in total. The average Bonchev–Trinajstić information content (AvgIpc) is 2.61. The van der Waals surface area contributed by atoms with E-state index in [1.165, 1.54) is 33.4 Å². The summed E-state index contributed by atoms with van der Waals surface area (Å²) >= 11 is 0. The van der Waals surface area contributed by atoms with Gasteiger partial charge >= 0.3 is 0 Å². The van der Waals surface area contributed by atoms with Crippen molar-refractivity contribution in [2.45, 2.75) is 39.5 Å². The minimum Gasteiger partial charge on any atom is -0.0620 e. The maximum atomic E-state index is 2.30. The fourth-order valence-corrected chi connectivity index (χ4v) is 3.37. The van der Waals surface area contributed by atoms with Gasteiger partial charge in [0.15, 0.2) is 0 Å². The van der Waals surface area contributed by atoms with Crippen LogP contribution in [0.3, 0.4) is 0 Å². The second kappa shape index (κ2) is 7.97. The monoisotopic (exact) mass is 314 g/mol. The SMILES string of the molecule is Cc1ccccc1CCc1ccccc1CCc1ccccc1C. The van der Waals surface area contributed by atoms with Gasteiger partial charge in [0.25, 0.3) is 0 Å². The first-order chi connectivity index (χ1) is 11.7. The predicted octanol–water partition coefficient (Wildman–Crippen LogP) is 5.87. The first kappa shape index (κ1) is 16.5. The van der Waals surface area contributed by atoms with E-state index in [0.29, 0.717) is 0 Å². The van der Waals surface area contributed by atoms with E-state index in [4.69, 9.17) is 0 Å². The van der Waals surface area contributed by atoms with Crippen molar-refractivity contribution in [2.24, 2.45) is 0 Å². The first-order valence-electron chi connectivity index (χ1n) is 8.90. The zero-order chi connectivity index (χ0) is 16.8. The van der Waals surface area contributed by atoms with E-state index in [2.05, 4.69) is 86.6 Å². The van der Waals surface area contributed by atoms with E-state index in [1.54, 1.807) is 0 Å². The highest BCUT2D eigenvalue weighted by Crippen LogP contribution is 2.18. The van der Waals surface area contributed by atoms with Crippen LogP contribution in [0.1, 0.15) is 33.4 Å². The number of benzene rings is 3. The van der Waals surface area contributed by atoms with E-state index in [0.717, 1.165) is 25.7 Å². The summed E-state index contributed by atoms with van der Waals surface area (Å²) in [6.07, 6.45) is 4.48. The summed E-state index contributed by atoms with van der Waals surface area (Å²) in [6.45, 7) is 4.42. The lowest BCUT2D eigenvalue weighted by atomic mass is 9.94. The molecule has 0 aromatic heterocycles. The Morgan fingerprint density at radius 2 is 0.708 bits per heavy atom. The van der Waals surface area contributed by atoms with Crippen LogP contribution in [0, 0.1) is 13.8 Å². The molecule has 0 aliphatic heterocycles. The summed E-state index contributed by atoms with van der Waals surface area (Å²) in [5.41, 5.74) is 8.71. The van der Waals surface area contributed by atoms with Crippen LogP contribution in [-0.4, -0.2) is 0 Å². The molecule has 0 saturated heterocycles. The van der Waals surface area contributed by atoms with Crippen LogP contribution in [0.25, 0.3) is 0 Å². The molecule has 0 aliphatic carbocycles. The van der Waals surface area contributed by atoms with Gasteiger partial charge in [0.05, 0.1) is 0 Å². The third kappa shape index (κ3) is 4.14. The van der Waals surface area contributed by atoms with Crippen molar-refractivity contribution >= 4 is 0 Å². The van der Waals surface area contributed by atoms with Crippen molar-refractivity contribution in [3.05, 3.63) is 106 Å². The van der Waals surface area contributed by atoms with E-state index >= 15 is 0 Å². The van der Waals surface area contributed by atoms with E-state index in [-0.39, 0.29) is 0 Å². The molecule has 0 heterocycles. The number of hydrogen-bond acceptors (Lipinski definition) is 0. The highest BCUT2D eigenvalue weighted by Gasteiger charge is 2.05. The molecule has 0 spiro atoms. The Labute approximate surface area is 146 Å². The van der Waals surface area contributed by atoms with E-state index < -0.39 is 0 Å². The molecule has 0 fully saturated rings. The maximum Gasteiger partial charge on any atom is -0.0235 e. The lowest BCUT2D eigenvalue weighted by Crippen LogP contribution is -2.01. The quantitative estimate of drug-likeness (QED) is 0.533. The number of aryl methyl sites for hydroxylation is 6. The molecular weight excluding hydrogens is 288 g/mol. The van der Waals surface area contributed by atoms with E-state index in [1.807, 2.05) is 0 Å². The Morgan fingerprint density at radius 3 is 1.08 bits per heavy atom. The number of hydrogen-bond donors (Lipinski definition) is 0. The van der Waals surface area contributed by atoms with Crippen LogP contribution in [0.4, 0.5) is 0 Å². The second-order valence-electron chi connectivity index (χ2n) is 6.62. The van der Waals surface area contributed by atoms with Crippen molar-refractivity contribution in [1.82, 2.24) is 0 Å². The molecule has 0 amide bonds. The van der Waals surface area contributed by atoms with Gasteiger partial charge in [-0.25, -0.2) is 0 Å². The smallest absolute Gasteiger partial charge is 0.0235 e. The minimum absolute atomic E-state index is 1.12. The Balaban J connectivity index is 1.69. The molecule has 0 atom stereocenters. The van der Waals surface area contributed by atoms with Gasteiger partial charge in [0.2, 0.25) is 0 Å². The summed E-state index contributed by atoms with van der Waals surface area (Å²) in [5.74, 6) is 0. The lowest BCUT2D eigenvalue weighted by Gasteiger charge is -2.12. The fourth-order valence-electron chi connectivity index (χ4n) is 3.37. The normalized spacial score (nSPS) is 10.8. The number of rotatable bonds is 6. The highest BCUT2D eigenvalue weighted by atomic mass is 14.1. The largest absolute Gasteiger partial charge is 0.0620 e. The zero-order valence-corrected chi connectivity index (χ0v) is 14.8. The van der Waals surface area contributed by atoms with Crippen LogP contribution in [-0.2, 0) is 25.7 Å². The molecule has 24 heavy (non-hydrogen) atoms. The molecule has 3 aromatic carbocycles. The molecule has 0 unspecified atom stereocenters. The standard InChI is InChI=1S/C24H26/c1-19-9-3-5-11-21(19)15-17-23-13-7-8-14-24(23)18-16-22-12-6-4-10-20(22)2/h3-14H,15-18H2,1-2H3. The third-order valence-corrected chi connectivity index (χ3v) is 4.97. The average molecular weight is 314 g/mol. The third-order valence-electron chi connectivity index (χ3n) is 4.97. The van der Waals surface area contributed by atoms with Crippen LogP contribution >= 0.6 is 0 Å². The van der Waals surface area contributed by atoms with Crippen molar-refractivity contribution in [1.29, 1.82) is 0 Å². The first-order valence-corrected chi connectivity index (χ1v) is 8.90. The van der Waals surface area contributed by atoms with E-state index in [9.17, 15) is 0 Å². The highest BCUT2D eigenvalue weighted by molar-refractivity contribution is 5.33. The summed E-state index contributed by atoms with van der Waals surface area (Å²) in [7, 11) is 0. The lowest BCUT2D eigenvalue weighted by molar-refractivity contribution is 0.887. The van der Waals surface area contributed by atoms with Crippen molar-refractivity contribution in [3.8, 4) is 0 Å². The topological polar surface area (TPSA) is 0 Å². The van der Waals surface area contributed by atoms with Gasteiger partial charge in [-0.2, -0.15) is 0 Å². The van der Waals surface area contributed by atoms with Crippen molar-refractivity contribution < 1.29 is 0 Å². The van der Waals surface area contributed by atoms with Crippen LogP contribution < -0.4 is 0 Å². The molecule has 0 aliphatic rings. The predicted molar refractivity (Wildman–Crippen MR) is 104 cm³/mol. The maximum absolute atomic E-state index is 2.30. The Hall–Kier alpha value is -2.34. The van der Waals surface area contributed by atoms with Crippen LogP contribution in [0.5, 0.6) is 0 Å². The summed E-state index contributed by atoms with van der Waals surface area (Å²) in [6, 6.07) is 26.4. The fraction of sp³-hybridized carbons (Fsp3) is 0.250. The summed E-state index contributed by atoms with van der Waals surface area (Å²) < 4.78 is 0. The molecule has 0 heteroatoms. The Kier molecular flexibility index (Phi) is 5.48. The Morgan fingerprint density at radius 1 is 0.417 bits per heavy atom. The molecule has 0 saturated carbocycles. The van der Waals surface area contributed by atoms with Crippen molar-refractivity contribution in [3.63, 3.8) is 0 Å². The molecule has 3 aromatic rings. The molecule has 0 N–H and O–H groups in total. The molecule has 122 valence electrons. The van der Waals surface area contributed by atoms with Crippen LogP contribution in [0.2, 0.25) is 0 Å². The second-order valence-corrected chi connectivity index (χ2v) is 6.62. The molecule has 0 radical (unpaired) electrons.